The van der Waals surface area contributed by atoms with Crippen molar-refractivity contribution in [2.45, 2.75) is 19.6 Å². The van der Waals surface area contributed by atoms with Crippen LogP contribution in [0, 0.1) is 5.82 Å². The maximum absolute atomic E-state index is 13.5. The maximum Gasteiger partial charge on any atom is 0.279 e. The fraction of sp³-hybridized carbons (Fsp3) is 0.222. The molecule has 2 amide bonds. The minimum absolute atomic E-state index is 0.0382. The van der Waals surface area contributed by atoms with E-state index >= 15 is 0 Å². The molecule has 0 radical (unpaired) electrons. The van der Waals surface area contributed by atoms with Crippen LogP contribution in [0.25, 0.3) is 0 Å². The lowest BCUT2D eigenvalue weighted by Gasteiger charge is -2.15. The predicted molar refractivity (Wildman–Crippen MR) is 89.3 cm³/mol. The van der Waals surface area contributed by atoms with Crippen LogP contribution in [-0.2, 0) is 16.1 Å². The molecular formula is C18H19FN2O4. The molecule has 0 aromatic heterocycles. The number of hydrogen-bond donors (Lipinski definition) is 2. The number of benzene rings is 2. The third-order valence-corrected chi connectivity index (χ3v) is 3.31. The summed E-state index contributed by atoms with van der Waals surface area (Å²) in [5, 5.41) is 0. The Labute approximate surface area is 144 Å². The van der Waals surface area contributed by atoms with Gasteiger partial charge in [0.15, 0.2) is 17.7 Å². The van der Waals surface area contributed by atoms with Gasteiger partial charge in [0.25, 0.3) is 11.8 Å². The van der Waals surface area contributed by atoms with Gasteiger partial charge >= 0.3 is 0 Å². The summed E-state index contributed by atoms with van der Waals surface area (Å²) >= 11 is 0. The van der Waals surface area contributed by atoms with Crippen LogP contribution in [0.3, 0.4) is 0 Å². The second kappa shape index (κ2) is 8.79. The van der Waals surface area contributed by atoms with Gasteiger partial charge in [-0.05, 0) is 36.8 Å². The van der Waals surface area contributed by atoms with Crippen molar-refractivity contribution >= 4 is 11.8 Å². The molecule has 2 N–H and O–H groups in total. The van der Waals surface area contributed by atoms with E-state index in [0.29, 0.717) is 12.2 Å². The summed E-state index contributed by atoms with van der Waals surface area (Å²) in [5.74, 6) is -1.70. The number of carbonyl (C=O) groups excluding carboxylic acids is 2. The lowest BCUT2D eigenvalue weighted by Crippen LogP contribution is -2.47. The zero-order valence-electron chi connectivity index (χ0n) is 13.9. The molecule has 7 heteroatoms. The quantitative estimate of drug-likeness (QED) is 0.786. The number of hydrogen-bond acceptors (Lipinski definition) is 4. The molecular weight excluding hydrogens is 327 g/mol. The Balaban J connectivity index is 1.89. The van der Waals surface area contributed by atoms with Crippen molar-refractivity contribution in [1.82, 2.24) is 10.9 Å². The van der Waals surface area contributed by atoms with Crippen LogP contribution in [0.15, 0.2) is 48.5 Å². The van der Waals surface area contributed by atoms with Crippen LogP contribution < -0.4 is 15.6 Å². The van der Waals surface area contributed by atoms with Crippen LogP contribution in [0.4, 0.5) is 4.39 Å². The number of amides is 2. The molecule has 2 aromatic carbocycles. The van der Waals surface area contributed by atoms with Gasteiger partial charge in [0.2, 0.25) is 0 Å². The van der Waals surface area contributed by atoms with Crippen molar-refractivity contribution in [3.8, 4) is 5.75 Å². The lowest BCUT2D eigenvalue weighted by molar-refractivity contribution is -0.128. The number of nitrogens with one attached hydrogen (secondary N) is 2. The van der Waals surface area contributed by atoms with Crippen molar-refractivity contribution in [2.75, 3.05) is 7.11 Å². The standard InChI is InChI=1S/C18H19FN2O4/c1-12(25-16-9-4-3-8-15(16)19)17(22)20-21-18(23)14-7-5-6-13(10-14)11-24-2/h3-10,12H,11H2,1-2H3,(H,20,22)(H,21,23). The van der Waals surface area contributed by atoms with Gasteiger partial charge in [0.05, 0.1) is 6.61 Å². The average Bonchev–Trinajstić information content (AvgIpc) is 2.61. The van der Waals surface area contributed by atoms with Crippen molar-refractivity contribution in [3.63, 3.8) is 0 Å². The molecule has 0 aliphatic carbocycles. The van der Waals surface area contributed by atoms with Gasteiger partial charge in [-0.15, -0.1) is 0 Å². The molecule has 0 spiro atoms. The highest BCUT2D eigenvalue weighted by Gasteiger charge is 2.17. The fourth-order valence-corrected chi connectivity index (χ4v) is 2.05. The van der Waals surface area contributed by atoms with Crippen LogP contribution in [0.2, 0.25) is 0 Å². The van der Waals surface area contributed by atoms with Gasteiger partial charge in [0, 0.05) is 12.7 Å². The summed E-state index contributed by atoms with van der Waals surface area (Å²) in [7, 11) is 1.56. The molecule has 0 heterocycles. The Morgan fingerprint density at radius 3 is 2.60 bits per heavy atom. The molecule has 0 saturated carbocycles. The van der Waals surface area contributed by atoms with Crippen molar-refractivity contribution in [3.05, 3.63) is 65.5 Å². The number of rotatable bonds is 6. The van der Waals surface area contributed by atoms with E-state index in [2.05, 4.69) is 10.9 Å². The molecule has 1 unspecified atom stereocenters. The summed E-state index contributed by atoms with van der Waals surface area (Å²) in [5.41, 5.74) is 5.75. The van der Waals surface area contributed by atoms with E-state index in [1.54, 1.807) is 31.4 Å². The monoisotopic (exact) mass is 346 g/mol. The predicted octanol–water partition coefficient (Wildman–Crippen LogP) is 2.20. The van der Waals surface area contributed by atoms with E-state index in [4.69, 9.17) is 9.47 Å². The van der Waals surface area contributed by atoms with Crippen molar-refractivity contribution in [2.24, 2.45) is 0 Å². The summed E-state index contributed by atoms with van der Waals surface area (Å²) in [4.78, 5) is 24.0. The molecule has 1 atom stereocenters. The zero-order chi connectivity index (χ0) is 18.2. The van der Waals surface area contributed by atoms with E-state index in [0.717, 1.165) is 5.56 Å². The zero-order valence-corrected chi connectivity index (χ0v) is 13.9. The van der Waals surface area contributed by atoms with Gasteiger partial charge in [-0.25, -0.2) is 4.39 Å². The molecule has 0 aliphatic heterocycles. The number of halogens is 1. The highest BCUT2D eigenvalue weighted by Crippen LogP contribution is 2.16. The Bertz CT molecular complexity index is 751. The van der Waals surface area contributed by atoms with Gasteiger partial charge in [-0.2, -0.15) is 0 Å². The fourth-order valence-electron chi connectivity index (χ4n) is 2.05. The minimum Gasteiger partial charge on any atom is -0.478 e. The van der Waals surface area contributed by atoms with Crippen LogP contribution in [0.1, 0.15) is 22.8 Å². The van der Waals surface area contributed by atoms with Gasteiger partial charge in [-0.3, -0.25) is 20.4 Å². The molecule has 132 valence electrons. The maximum atomic E-state index is 13.5. The largest absolute Gasteiger partial charge is 0.478 e. The first-order valence-electron chi connectivity index (χ1n) is 7.60. The average molecular weight is 346 g/mol. The van der Waals surface area contributed by atoms with E-state index in [-0.39, 0.29) is 5.75 Å². The molecule has 6 nitrogen and oxygen atoms in total. The van der Waals surface area contributed by atoms with Crippen molar-refractivity contribution < 1.29 is 23.5 Å². The second-order valence-electron chi connectivity index (χ2n) is 5.27. The molecule has 0 aliphatic rings. The number of methoxy groups -OCH3 is 1. The first kappa shape index (κ1) is 18.4. The van der Waals surface area contributed by atoms with Gasteiger partial charge in [-0.1, -0.05) is 24.3 Å². The van der Waals surface area contributed by atoms with E-state index in [1.807, 2.05) is 6.07 Å². The Kier molecular flexibility index (Phi) is 6.47. The molecule has 0 bridgehead atoms. The summed E-state index contributed by atoms with van der Waals surface area (Å²) in [6.07, 6.45) is -0.989. The molecule has 25 heavy (non-hydrogen) atoms. The van der Waals surface area contributed by atoms with Gasteiger partial charge in [0.1, 0.15) is 0 Å². The first-order chi connectivity index (χ1) is 12.0. The number of ether oxygens (including phenoxy) is 2. The highest BCUT2D eigenvalue weighted by molar-refractivity contribution is 5.95. The lowest BCUT2D eigenvalue weighted by atomic mass is 10.1. The number of carbonyl (C=O) groups is 2. The van der Waals surface area contributed by atoms with E-state index in [1.165, 1.54) is 25.1 Å². The molecule has 0 fully saturated rings. The smallest absolute Gasteiger partial charge is 0.279 e. The van der Waals surface area contributed by atoms with E-state index in [9.17, 15) is 14.0 Å². The third kappa shape index (κ3) is 5.29. The normalized spacial score (nSPS) is 11.5. The first-order valence-corrected chi connectivity index (χ1v) is 7.60. The second-order valence-corrected chi connectivity index (χ2v) is 5.27. The number of para-hydroxylation sites is 1. The van der Waals surface area contributed by atoms with Crippen LogP contribution in [-0.4, -0.2) is 25.0 Å². The Morgan fingerprint density at radius 1 is 1.12 bits per heavy atom. The van der Waals surface area contributed by atoms with Gasteiger partial charge < -0.3 is 9.47 Å². The minimum atomic E-state index is -0.989. The Hall–Kier alpha value is -2.93. The SMILES string of the molecule is COCc1cccc(C(=O)NNC(=O)C(C)Oc2ccccc2F)c1. The van der Waals surface area contributed by atoms with Crippen molar-refractivity contribution in [1.29, 1.82) is 0 Å². The summed E-state index contributed by atoms with van der Waals surface area (Å²) in [6.45, 7) is 1.83. The Morgan fingerprint density at radius 2 is 1.88 bits per heavy atom. The third-order valence-electron chi connectivity index (χ3n) is 3.31. The molecule has 0 saturated heterocycles. The molecule has 2 aromatic rings. The number of hydrazine groups is 1. The molecule has 2 rings (SSSR count). The summed E-state index contributed by atoms with van der Waals surface area (Å²) < 4.78 is 23.8. The van der Waals surface area contributed by atoms with Crippen LogP contribution >= 0.6 is 0 Å². The topological polar surface area (TPSA) is 76.7 Å². The van der Waals surface area contributed by atoms with Crippen LogP contribution in [0.5, 0.6) is 5.75 Å². The van der Waals surface area contributed by atoms with E-state index < -0.39 is 23.7 Å². The summed E-state index contributed by atoms with van der Waals surface area (Å²) in [6, 6.07) is 12.6. The highest BCUT2D eigenvalue weighted by atomic mass is 19.1.